The fourth-order valence-electron chi connectivity index (χ4n) is 9.65. The molecule has 0 aromatic rings. The lowest BCUT2D eigenvalue weighted by Crippen LogP contribution is -2.30. The van der Waals surface area contributed by atoms with Crippen molar-refractivity contribution in [2.24, 2.45) is 0 Å². The van der Waals surface area contributed by atoms with Crippen LogP contribution in [-0.4, -0.2) is 37.2 Å². The van der Waals surface area contributed by atoms with Crippen LogP contribution in [0.25, 0.3) is 0 Å². The number of hydrogen-bond donors (Lipinski definition) is 0. The van der Waals surface area contributed by atoms with E-state index in [0.717, 1.165) is 70.6 Å². The number of carbonyl (C=O) groups is 3. The Labute approximate surface area is 443 Å². The smallest absolute Gasteiger partial charge is 0.306 e. The molecular formula is C65H122O6. The average Bonchev–Trinajstić information content (AvgIpc) is 3.37. The van der Waals surface area contributed by atoms with Crippen molar-refractivity contribution < 1.29 is 28.6 Å². The molecule has 0 rings (SSSR count). The minimum atomic E-state index is -0.771. The van der Waals surface area contributed by atoms with Crippen LogP contribution in [0.4, 0.5) is 0 Å². The summed E-state index contributed by atoms with van der Waals surface area (Å²) in [6.07, 6.45) is 71.8. The highest BCUT2D eigenvalue weighted by atomic mass is 16.6. The van der Waals surface area contributed by atoms with Gasteiger partial charge in [0.2, 0.25) is 0 Å². The largest absolute Gasteiger partial charge is 0.462 e. The molecule has 0 bridgehead atoms. The zero-order chi connectivity index (χ0) is 51.4. The van der Waals surface area contributed by atoms with Crippen LogP contribution in [0.5, 0.6) is 0 Å². The highest BCUT2D eigenvalue weighted by molar-refractivity contribution is 5.71. The van der Waals surface area contributed by atoms with Crippen molar-refractivity contribution in [2.75, 3.05) is 13.2 Å². The third-order valence-electron chi connectivity index (χ3n) is 14.5. The maximum Gasteiger partial charge on any atom is 0.306 e. The molecule has 0 aromatic carbocycles. The van der Waals surface area contributed by atoms with Gasteiger partial charge >= 0.3 is 17.9 Å². The van der Waals surface area contributed by atoms with Gasteiger partial charge in [-0.15, -0.1) is 0 Å². The van der Waals surface area contributed by atoms with Crippen molar-refractivity contribution in [2.45, 2.75) is 361 Å². The maximum atomic E-state index is 12.9. The van der Waals surface area contributed by atoms with Gasteiger partial charge in [-0.2, -0.15) is 0 Å². The predicted octanol–water partition coefficient (Wildman–Crippen LogP) is 21.4. The Hall–Kier alpha value is -2.11. The summed E-state index contributed by atoms with van der Waals surface area (Å²) < 4.78 is 16.9. The van der Waals surface area contributed by atoms with E-state index in [0.29, 0.717) is 19.3 Å². The zero-order valence-electron chi connectivity index (χ0n) is 48.0. The first kappa shape index (κ1) is 68.9. The second-order valence-electron chi connectivity index (χ2n) is 21.7. The van der Waals surface area contributed by atoms with Gasteiger partial charge in [0.1, 0.15) is 13.2 Å². The zero-order valence-corrected chi connectivity index (χ0v) is 48.0. The summed E-state index contributed by atoms with van der Waals surface area (Å²) >= 11 is 0. The lowest BCUT2D eigenvalue weighted by Gasteiger charge is -2.18. The summed E-state index contributed by atoms with van der Waals surface area (Å²) in [5.41, 5.74) is 0. The molecule has 0 amide bonds. The van der Waals surface area contributed by atoms with E-state index >= 15 is 0 Å². The number of unbranched alkanes of at least 4 members (excludes halogenated alkanes) is 44. The van der Waals surface area contributed by atoms with Gasteiger partial charge in [-0.1, -0.05) is 308 Å². The van der Waals surface area contributed by atoms with Gasteiger partial charge in [-0.05, 0) is 51.4 Å². The first-order chi connectivity index (χ1) is 35.0. The molecule has 71 heavy (non-hydrogen) atoms. The van der Waals surface area contributed by atoms with E-state index in [1.807, 2.05) is 0 Å². The Morgan fingerprint density at radius 1 is 0.282 bits per heavy atom. The lowest BCUT2D eigenvalue weighted by atomic mass is 10.0. The van der Waals surface area contributed by atoms with Crippen LogP contribution in [0.15, 0.2) is 24.3 Å². The fourth-order valence-corrected chi connectivity index (χ4v) is 9.65. The summed E-state index contributed by atoms with van der Waals surface area (Å²) in [6.45, 7) is 6.68. The Balaban J connectivity index is 4.24. The number of ether oxygens (including phenoxy) is 3. The molecule has 0 aliphatic rings. The van der Waals surface area contributed by atoms with E-state index in [1.54, 1.807) is 0 Å². The first-order valence-electron chi connectivity index (χ1n) is 31.8. The van der Waals surface area contributed by atoms with Crippen LogP contribution in [0.3, 0.4) is 0 Å². The van der Waals surface area contributed by atoms with E-state index in [4.69, 9.17) is 14.2 Å². The topological polar surface area (TPSA) is 78.9 Å². The van der Waals surface area contributed by atoms with Crippen LogP contribution in [0.1, 0.15) is 355 Å². The summed E-state index contributed by atoms with van der Waals surface area (Å²) in [4.78, 5) is 38.2. The second kappa shape index (κ2) is 60.4. The van der Waals surface area contributed by atoms with Crippen molar-refractivity contribution in [1.82, 2.24) is 0 Å². The van der Waals surface area contributed by atoms with Gasteiger partial charge in [0, 0.05) is 19.3 Å². The molecule has 0 saturated heterocycles. The number of esters is 3. The first-order valence-corrected chi connectivity index (χ1v) is 31.8. The molecule has 6 heteroatoms. The van der Waals surface area contributed by atoms with Crippen molar-refractivity contribution >= 4 is 17.9 Å². The molecule has 0 radical (unpaired) electrons. The summed E-state index contributed by atoms with van der Waals surface area (Å²) in [6, 6.07) is 0. The van der Waals surface area contributed by atoms with Crippen molar-refractivity contribution in [1.29, 1.82) is 0 Å². The van der Waals surface area contributed by atoms with Crippen LogP contribution in [-0.2, 0) is 28.6 Å². The van der Waals surface area contributed by atoms with Gasteiger partial charge in [-0.25, -0.2) is 0 Å². The molecule has 1 unspecified atom stereocenters. The van der Waals surface area contributed by atoms with E-state index in [2.05, 4.69) is 45.1 Å². The fraction of sp³-hybridized carbons (Fsp3) is 0.892. The normalized spacial score (nSPS) is 12.1. The van der Waals surface area contributed by atoms with Crippen LogP contribution in [0.2, 0.25) is 0 Å². The maximum absolute atomic E-state index is 12.9. The Morgan fingerprint density at radius 3 is 0.789 bits per heavy atom. The standard InChI is InChI=1S/C65H122O6/c1-4-7-10-13-16-19-22-25-27-29-31-32-33-34-35-37-38-40-43-46-49-52-55-58-64(67)70-61-62(60-69-63(66)57-54-51-48-45-42-24-21-18-15-12-9-6-3)71-65(68)59-56-53-50-47-44-41-39-36-30-28-26-23-20-17-14-11-8-5-2/h20,23,28,30,62H,4-19,21-22,24-27,29,31-61H2,1-3H3/b23-20-,30-28-. The molecule has 0 aliphatic carbocycles. The minimum absolute atomic E-state index is 0.0686. The van der Waals surface area contributed by atoms with Crippen LogP contribution in [0, 0.1) is 0 Å². The molecular weight excluding hydrogens is 877 g/mol. The Bertz CT molecular complexity index is 1150. The van der Waals surface area contributed by atoms with Crippen LogP contribution < -0.4 is 0 Å². The molecule has 0 fully saturated rings. The minimum Gasteiger partial charge on any atom is -0.462 e. The molecule has 0 aromatic heterocycles. The molecule has 0 N–H and O–H groups in total. The van der Waals surface area contributed by atoms with E-state index in [9.17, 15) is 14.4 Å². The summed E-state index contributed by atoms with van der Waals surface area (Å²) in [5, 5.41) is 0. The highest BCUT2D eigenvalue weighted by Crippen LogP contribution is 2.18. The van der Waals surface area contributed by atoms with Crippen LogP contribution >= 0.6 is 0 Å². The van der Waals surface area contributed by atoms with Gasteiger partial charge in [0.25, 0.3) is 0 Å². The SMILES string of the molecule is CCCCCC/C=C\C/C=C\CCCCCCCCCC(=O)OC(COC(=O)CCCCCCCCCCCCCC)COC(=O)CCCCCCCCCCCCCCCCCCCCCCCCC. The molecule has 0 spiro atoms. The molecule has 0 aliphatic heterocycles. The third kappa shape index (κ3) is 58.7. The predicted molar refractivity (Wildman–Crippen MR) is 307 cm³/mol. The number of rotatable bonds is 59. The summed E-state index contributed by atoms with van der Waals surface area (Å²) in [5.74, 6) is -0.851. The van der Waals surface area contributed by atoms with Gasteiger partial charge < -0.3 is 14.2 Å². The molecule has 0 saturated carbocycles. The summed E-state index contributed by atoms with van der Waals surface area (Å²) in [7, 11) is 0. The van der Waals surface area contributed by atoms with Gasteiger partial charge in [0.15, 0.2) is 6.10 Å². The monoisotopic (exact) mass is 999 g/mol. The average molecular weight is 1000 g/mol. The van der Waals surface area contributed by atoms with Gasteiger partial charge in [0.05, 0.1) is 0 Å². The van der Waals surface area contributed by atoms with Crippen molar-refractivity contribution in [3.05, 3.63) is 24.3 Å². The number of carbonyl (C=O) groups excluding carboxylic acids is 3. The molecule has 0 heterocycles. The number of hydrogen-bond acceptors (Lipinski definition) is 6. The van der Waals surface area contributed by atoms with E-state index < -0.39 is 6.10 Å². The van der Waals surface area contributed by atoms with E-state index in [-0.39, 0.29) is 31.1 Å². The van der Waals surface area contributed by atoms with Crippen molar-refractivity contribution in [3.63, 3.8) is 0 Å². The third-order valence-corrected chi connectivity index (χ3v) is 14.5. The van der Waals surface area contributed by atoms with Crippen molar-refractivity contribution in [3.8, 4) is 0 Å². The number of allylic oxidation sites excluding steroid dienone is 4. The Kier molecular flexibility index (Phi) is 58.6. The Morgan fingerprint density at radius 2 is 0.507 bits per heavy atom. The lowest BCUT2D eigenvalue weighted by molar-refractivity contribution is -0.167. The van der Waals surface area contributed by atoms with E-state index in [1.165, 1.54) is 244 Å². The molecule has 6 nitrogen and oxygen atoms in total. The van der Waals surface area contributed by atoms with Gasteiger partial charge in [-0.3, -0.25) is 14.4 Å². The highest BCUT2D eigenvalue weighted by Gasteiger charge is 2.19. The second-order valence-corrected chi connectivity index (χ2v) is 21.7. The molecule has 1 atom stereocenters. The molecule has 418 valence electrons. The quantitative estimate of drug-likeness (QED) is 0.0261.